The van der Waals surface area contributed by atoms with Gasteiger partial charge in [0.1, 0.15) is 0 Å². The molecule has 1 unspecified atom stereocenters. The van der Waals surface area contributed by atoms with E-state index in [9.17, 15) is 17.7 Å². The van der Waals surface area contributed by atoms with Gasteiger partial charge in [0.05, 0.1) is 11.4 Å². The summed E-state index contributed by atoms with van der Waals surface area (Å²) in [6.07, 6.45) is -0.0144. The average Bonchev–Trinajstić information content (AvgIpc) is 2.32. The first kappa shape index (κ1) is 21.2. The van der Waals surface area contributed by atoms with Gasteiger partial charge in [0.2, 0.25) is 0 Å². The molecule has 0 spiro atoms. The summed E-state index contributed by atoms with van der Waals surface area (Å²) < 4.78 is 43.5. The molecule has 1 aromatic carbocycles. The topological polar surface area (TPSA) is 26.3 Å². The van der Waals surface area contributed by atoms with E-state index in [0.717, 1.165) is 5.56 Å². The van der Waals surface area contributed by atoms with E-state index in [2.05, 4.69) is 4.74 Å². The quantitative estimate of drug-likeness (QED) is 0.595. The first-order valence-corrected chi connectivity index (χ1v) is 6.55. The van der Waals surface area contributed by atoms with Gasteiger partial charge in [-0.1, -0.05) is 30.3 Å². The minimum atomic E-state index is -5.21. The molecule has 0 aliphatic carbocycles. The Kier molecular flexibility index (Phi) is 8.79. The Balaban J connectivity index is 0.00000400. The van der Waals surface area contributed by atoms with Crippen LogP contribution in [0.5, 0.6) is 0 Å². The molecule has 7 heteroatoms. The van der Waals surface area contributed by atoms with E-state index in [4.69, 9.17) is 0 Å². The number of rotatable bonds is 5. The third-order valence-electron chi connectivity index (χ3n) is 2.85. The maximum atomic E-state index is 13.0. The van der Waals surface area contributed by atoms with Crippen LogP contribution in [0.1, 0.15) is 32.8 Å². The summed E-state index contributed by atoms with van der Waals surface area (Å²) in [5.74, 6) is -0.824. The number of halogens is 3. The Morgan fingerprint density at radius 2 is 1.71 bits per heavy atom. The standard InChI is InChI=1S/C14H19BF3O2.K/c1-14(2,3)13(19)20-12(15(16,17)18)10-9-11-7-5-4-6-8-11;/h4-8,12H,9-10H2,1-3H3;/q-1;+1. The second-order valence-corrected chi connectivity index (χ2v) is 5.84. The fourth-order valence-corrected chi connectivity index (χ4v) is 1.59. The largest absolute Gasteiger partial charge is 1.00 e. The smallest absolute Gasteiger partial charge is 0.492 e. The number of carbonyl (C=O) groups is 1. The predicted octanol–water partition coefficient (Wildman–Crippen LogP) is 0.968. The van der Waals surface area contributed by atoms with Crippen molar-refractivity contribution in [2.75, 3.05) is 0 Å². The van der Waals surface area contributed by atoms with Gasteiger partial charge in [-0.3, -0.25) is 4.79 Å². The van der Waals surface area contributed by atoms with Gasteiger partial charge in [0, 0.05) is 0 Å². The van der Waals surface area contributed by atoms with E-state index in [-0.39, 0.29) is 64.2 Å². The van der Waals surface area contributed by atoms with Crippen LogP contribution in [-0.2, 0) is 16.0 Å². The zero-order chi connectivity index (χ0) is 15.4. The van der Waals surface area contributed by atoms with E-state index in [0.29, 0.717) is 0 Å². The van der Waals surface area contributed by atoms with Crippen molar-refractivity contribution in [2.24, 2.45) is 5.41 Å². The Morgan fingerprint density at radius 1 is 1.19 bits per heavy atom. The molecular weight excluding hydrogens is 307 g/mol. The molecule has 0 aliphatic rings. The Hall–Kier alpha value is 0.181. The van der Waals surface area contributed by atoms with Crippen molar-refractivity contribution >= 4 is 12.9 Å². The van der Waals surface area contributed by atoms with Crippen molar-refractivity contribution in [1.82, 2.24) is 0 Å². The molecule has 0 heterocycles. The van der Waals surface area contributed by atoms with Crippen LogP contribution in [0, 0.1) is 5.41 Å². The van der Waals surface area contributed by atoms with Crippen molar-refractivity contribution in [1.29, 1.82) is 0 Å². The molecule has 0 amide bonds. The Morgan fingerprint density at radius 3 is 2.14 bits per heavy atom. The predicted molar refractivity (Wildman–Crippen MR) is 73.2 cm³/mol. The number of carbonyl (C=O) groups excluding carboxylic acids is 1. The molecule has 0 bridgehead atoms. The third kappa shape index (κ3) is 7.83. The van der Waals surface area contributed by atoms with Crippen molar-refractivity contribution in [3.63, 3.8) is 0 Å². The summed E-state index contributed by atoms with van der Waals surface area (Å²) in [4.78, 5) is 11.6. The summed E-state index contributed by atoms with van der Waals surface area (Å²) in [5, 5.41) is 0. The molecular formula is C14H19BF3KO2. The fourth-order valence-electron chi connectivity index (χ4n) is 1.59. The van der Waals surface area contributed by atoms with E-state index < -0.39 is 24.4 Å². The maximum absolute atomic E-state index is 13.0. The summed E-state index contributed by atoms with van der Waals surface area (Å²) >= 11 is 0. The third-order valence-corrected chi connectivity index (χ3v) is 2.85. The molecule has 112 valence electrons. The number of hydrogen-bond acceptors (Lipinski definition) is 2. The first-order chi connectivity index (χ1) is 9.10. The van der Waals surface area contributed by atoms with Crippen LogP contribution in [-0.4, -0.2) is 18.9 Å². The van der Waals surface area contributed by atoms with Crippen LogP contribution in [0.3, 0.4) is 0 Å². The molecule has 0 aromatic heterocycles. The Labute approximate surface area is 166 Å². The zero-order valence-electron chi connectivity index (χ0n) is 12.9. The van der Waals surface area contributed by atoms with Crippen molar-refractivity contribution in [2.45, 2.75) is 39.6 Å². The van der Waals surface area contributed by atoms with Gasteiger partial charge in [-0.15, -0.1) is 0 Å². The van der Waals surface area contributed by atoms with Gasteiger partial charge >= 0.3 is 64.3 Å². The minimum absolute atomic E-state index is 0. The average molecular weight is 326 g/mol. The molecule has 1 atom stereocenters. The zero-order valence-corrected chi connectivity index (χ0v) is 16.0. The molecule has 21 heavy (non-hydrogen) atoms. The van der Waals surface area contributed by atoms with Crippen molar-refractivity contribution in [3.8, 4) is 0 Å². The summed E-state index contributed by atoms with van der Waals surface area (Å²) in [6.45, 7) is -0.608. The summed E-state index contributed by atoms with van der Waals surface area (Å²) in [7, 11) is 0. The van der Waals surface area contributed by atoms with E-state index in [1.807, 2.05) is 0 Å². The number of benzene rings is 1. The monoisotopic (exact) mass is 326 g/mol. The molecule has 0 saturated carbocycles. The number of hydrogen-bond donors (Lipinski definition) is 0. The molecule has 0 N–H and O–H groups in total. The second kappa shape index (κ2) is 8.72. The Bertz CT molecular complexity index is 444. The normalized spacial score (nSPS) is 13.2. The molecule has 1 aromatic rings. The number of ether oxygens (including phenoxy) is 1. The fraction of sp³-hybridized carbons (Fsp3) is 0.500. The molecule has 0 saturated heterocycles. The van der Waals surface area contributed by atoms with Crippen LogP contribution < -0.4 is 51.4 Å². The molecule has 0 radical (unpaired) electrons. The van der Waals surface area contributed by atoms with E-state index in [1.54, 1.807) is 30.3 Å². The van der Waals surface area contributed by atoms with Crippen LogP contribution >= 0.6 is 0 Å². The van der Waals surface area contributed by atoms with Crippen molar-refractivity contribution < 1.29 is 73.9 Å². The molecule has 2 nitrogen and oxygen atoms in total. The first-order valence-electron chi connectivity index (χ1n) is 6.55. The van der Waals surface area contributed by atoms with Gasteiger partial charge < -0.3 is 17.7 Å². The van der Waals surface area contributed by atoms with Gasteiger partial charge in [0.25, 0.3) is 0 Å². The second-order valence-electron chi connectivity index (χ2n) is 5.84. The summed E-state index contributed by atoms with van der Waals surface area (Å²) in [5.41, 5.74) is -0.142. The SMILES string of the molecule is CC(C)(C)C(=O)OC(CCc1ccccc1)[B-](F)(F)F.[K+]. The van der Waals surface area contributed by atoms with Gasteiger partial charge in [-0.25, -0.2) is 0 Å². The van der Waals surface area contributed by atoms with Crippen LogP contribution in [0.15, 0.2) is 30.3 Å². The van der Waals surface area contributed by atoms with E-state index >= 15 is 0 Å². The number of esters is 1. The molecule has 1 rings (SSSR count). The van der Waals surface area contributed by atoms with Gasteiger partial charge in [-0.05, 0) is 39.2 Å². The van der Waals surface area contributed by atoms with Crippen LogP contribution in [0.25, 0.3) is 0 Å². The van der Waals surface area contributed by atoms with Crippen LogP contribution in [0.2, 0.25) is 0 Å². The molecule has 0 aliphatic heterocycles. The van der Waals surface area contributed by atoms with E-state index in [1.165, 1.54) is 20.8 Å². The minimum Gasteiger partial charge on any atom is -0.492 e. The number of aryl methyl sites for hydroxylation is 1. The summed E-state index contributed by atoms with van der Waals surface area (Å²) in [6, 6.07) is 6.85. The van der Waals surface area contributed by atoms with Gasteiger partial charge in [0.15, 0.2) is 0 Å². The van der Waals surface area contributed by atoms with Crippen molar-refractivity contribution in [3.05, 3.63) is 35.9 Å². The molecule has 0 fully saturated rings. The van der Waals surface area contributed by atoms with Crippen LogP contribution in [0.4, 0.5) is 12.9 Å². The van der Waals surface area contributed by atoms with Gasteiger partial charge in [-0.2, -0.15) is 0 Å². The maximum Gasteiger partial charge on any atom is 1.00 e.